The van der Waals surface area contributed by atoms with E-state index in [0.29, 0.717) is 5.95 Å². The van der Waals surface area contributed by atoms with E-state index in [1.807, 2.05) is 13.8 Å². The molecule has 1 rings (SSSR count). The number of aryl methyl sites for hydroxylation is 1. The fraction of sp³-hybridized carbons (Fsp3) is 0.750. The largest absolute Gasteiger partial charge is 0.480 e. The Morgan fingerprint density at radius 2 is 2.33 bits per heavy atom. The first kappa shape index (κ1) is 11.4. The van der Waals surface area contributed by atoms with E-state index in [-0.39, 0.29) is 12.6 Å². The maximum absolute atomic E-state index is 10.7. The predicted molar refractivity (Wildman–Crippen MR) is 53.5 cm³/mol. The molecule has 0 aliphatic rings. The summed E-state index contributed by atoms with van der Waals surface area (Å²) in [5.41, 5.74) is 0. The fourth-order valence-corrected chi connectivity index (χ4v) is 1.26. The van der Waals surface area contributed by atoms with E-state index in [4.69, 9.17) is 5.11 Å². The Morgan fingerprint density at radius 1 is 1.67 bits per heavy atom. The van der Waals surface area contributed by atoms with Crippen LogP contribution in [0.25, 0.3) is 0 Å². The van der Waals surface area contributed by atoms with Crippen LogP contribution in [0, 0.1) is 0 Å². The lowest BCUT2D eigenvalue weighted by Gasteiger charge is -2.26. The third-order valence-corrected chi connectivity index (χ3v) is 2.28. The number of aliphatic carboxylic acids is 1. The van der Waals surface area contributed by atoms with Crippen LogP contribution in [0.5, 0.6) is 0 Å². The highest BCUT2D eigenvalue weighted by Gasteiger charge is 2.20. The van der Waals surface area contributed by atoms with Gasteiger partial charge in [-0.15, -0.1) is 0 Å². The minimum absolute atomic E-state index is 0.0887. The predicted octanol–water partition coefficient (Wildman–Crippen LogP) is -0.100. The molecule has 1 atom stereocenters. The lowest BCUT2D eigenvalue weighted by molar-refractivity contribution is -0.135. The van der Waals surface area contributed by atoms with Crippen LogP contribution in [0.2, 0.25) is 0 Å². The third-order valence-electron chi connectivity index (χ3n) is 2.28. The van der Waals surface area contributed by atoms with Gasteiger partial charge in [0.05, 0.1) is 0 Å². The summed E-state index contributed by atoms with van der Waals surface area (Å²) in [5.74, 6) is -0.412. The number of tetrazole rings is 1. The van der Waals surface area contributed by atoms with E-state index in [1.54, 1.807) is 11.9 Å². The van der Waals surface area contributed by atoms with E-state index in [0.717, 1.165) is 6.42 Å². The molecule has 1 aromatic heterocycles. The Morgan fingerprint density at radius 3 is 2.73 bits per heavy atom. The van der Waals surface area contributed by atoms with Crippen LogP contribution in [0.4, 0.5) is 5.95 Å². The highest BCUT2D eigenvalue weighted by atomic mass is 16.4. The number of carbonyl (C=O) groups is 1. The average molecular weight is 213 g/mol. The number of carboxylic acid groups (broad SMARTS) is 1. The molecule has 0 spiro atoms. The van der Waals surface area contributed by atoms with Gasteiger partial charge in [-0.05, 0) is 23.8 Å². The van der Waals surface area contributed by atoms with Gasteiger partial charge in [0, 0.05) is 13.1 Å². The Bertz CT molecular complexity index is 338. The molecule has 84 valence electrons. The molecule has 1 heterocycles. The van der Waals surface area contributed by atoms with Gasteiger partial charge in [-0.1, -0.05) is 12.0 Å². The van der Waals surface area contributed by atoms with Crippen LogP contribution in [0.1, 0.15) is 20.3 Å². The number of aromatic nitrogens is 4. The van der Waals surface area contributed by atoms with Gasteiger partial charge >= 0.3 is 5.97 Å². The number of hydrogen-bond acceptors (Lipinski definition) is 5. The quantitative estimate of drug-likeness (QED) is 0.735. The summed E-state index contributed by atoms with van der Waals surface area (Å²) in [6.45, 7) is 3.84. The summed E-state index contributed by atoms with van der Waals surface area (Å²) < 4.78 is 1.47. The van der Waals surface area contributed by atoms with Gasteiger partial charge < -0.3 is 10.0 Å². The Labute approximate surface area is 87.7 Å². The topological polar surface area (TPSA) is 84.1 Å². The highest BCUT2D eigenvalue weighted by Crippen LogP contribution is 2.12. The van der Waals surface area contributed by atoms with Crippen LogP contribution in [0.15, 0.2) is 0 Å². The molecule has 7 nitrogen and oxygen atoms in total. The molecule has 7 heteroatoms. The standard InChI is InChI=1S/C8H15N5O2/c1-4-6(2)13(5-7(14)15)8-9-10-11-12(8)3/h6H,4-5H2,1-3H3,(H,14,15). The van der Waals surface area contributed by atoms with Crippen LogP contribution in [-0.4, -0.2) is 43.9 Å². The van der Waals surface area contributed by atoms with Crippen molar-refractivity contribution in [2.45, 2.75) is 26.3 Å². The van der Waals surface area contributed by atoms with Gasteiger partial charge in [0.15, 0.2) is 0 Å². The molecule has 0 fully saturated rings. The van der Waals surface area contributed by atoms with Crippen molar-refractivity contribution in [1.82, 2.24) is 20.2 Å². The van der Waals surface area contributed by atoms with Crippen molar-refractivity contribution in [1.29, 1.82) is 0 Å². The van der Waals surface area contributed by atoms with Gasteiger partial charge in [0.25, 0.3) is 0 Å². The van der Waals surface area contributed by atoms with Crippen molar-refractivity contribution >= 4 is 11.9 Å². The highest BCUT2D eigenvalue weighted by molar-refractivity contribution is 5.72. The van der Waals surface area contributed by atoms with E-state index in [2.05, 4.69) is 15.5 Å². The monoisotopic (exact) mass is 213 g/mol. The molecule has 1 aromatic rings. The van der Waals surface area contributed by atoms with Crippen LogP contribution in [0.3, 0.4) is 0 Å². The normalized spacial score (nSPS) is 12.5. The molecular weight excluding hydrogens is 198 g/mol. The summed E-state index contributed by atoms with van der Waals surface area (Å²) in [6.07, 6.45) is 0.833. The van der Waals surface area contributed by atoms with Crippen molar-refractivity contribution in [3.05, 3.63) is 0 Å². The second-order valence-corrected chi connectivity index (χ2v) is 3.38. The van der Waals surface area contributed by atoms with Crippen molar-refractivity contribution in [2.24, 2.45) is 7.05 Å². The SMILES string of the molecule is CCC(C)N(CC(=O)O)c1nnnn1C. The van der Waals surface area contributed by atoms with Crippen molar-refractivity contribution < 1.29 is 9.90 Å². The van der Waals surface area contributed by atoms with Gasteiger partial charge in [-0.25, -0.2) is 4.68 Å². The Kier molecular flexibility index (Phi) is 3.59. The van der Waals surface area contributed by atoms with E-state index in [1.165, 1.54) is 4.68 Å². The van der Waals surface area contributed by atoms with E-state index < -0.39 is 5.97 Å². The minimum Gasteiger partial charge on any atom is -0.480 e. The summed E-state index contributed by atoms with van der Waals surface area (Å²) in [5, 5.41) is 19.8. The van der Waals surface area contributed by atoms with Crippen molar-refractivity contribution in [3.8, 4) is 0 Å². The second kappa shape index (κ2) is 4.72. The first-order chi connectivity index (χ1) is 7.06. The molecule has 1 N–H and O–H groups in total. The molecule has 0 aliphatic carbocycles. The van der Waals surface area contributed by atoms with Gasteiger partial charge in [-0.3, -0.25) is 4.79 Å². The number of nitrogens with zero attached hydrogens (tertiary/aromatic N) is 5. The number of carboxylic acids is 1. The Hall–Kier alpha value is -1.66. The fourth-order valence-electron chi connectivity index (χ4n) is 1.26. The number of hydrogen-bond donors (Lipinski definition) is 1. The molecule has 0 radical (unpaired) electrons. The minimum atomic E-state index is -0.890. The summed E-state index contributed by atoms with van der Waals surface area (Å²) in [4.78, 5) is 12.4. The summed E-state index contributed by atoms with van der Waals surface area (Å²) in [7, 11) is 1.69. The first-order valence-corrected chi connectivity index (χ1v) is 4.77. The zero-order valence-electron chi connectivity index (χ0n) is 9.08. The smallest absolute Gasteiger partial charge is 0.323 e. The molecule has 1 unspecified atom stereocenters. The summed E-state index contributed by atoms with van der Waals surface area (Å²) >= 11 is 0. The van der Waals surface area contributed by atoms with Gasteiger partial charge in [0.2, 0.25) is 5.95 Å². The molecule has 0 aliphatic heterocycles. The number of anilines is 1. The average Bonchev–Trinajstić information content (AvgIpc) is 2.59. The maximum Gasteiger partial charge on any atom is 0.323 e. The van der Waals surface area contributed by atoms with Crippen LogP contribution < -0.4 is 4.90 Å². The zero-order chi connectivity index (χ0) is 11.4. The molecule has 0 saturated heterocycles. The van der Waals surface area contributed by atoms with Crippen molar-refractivity contribution in [3.63, 3.8) is 0 Å². The van der Waals surface area contributed by atoms with Crippen LogP contribution in [-0.2, 0) is 11.8 Å². The Balaban J connectivity index is 2.90. The maximum atomic E-state index is 10.7. The summed E-state index contributed by atoms with van der Waals surface area (Å²) in [6, 6.07) is 0.0887. The van der Waals surface area contributed by atoms with Crippen molar-refractivity contribution in [2.75, 3.05) is 11.4 Å². The first-order valence-electron chi connectivity index (χ1n) is 4.77. The van der Waals surface area contributed by atoms with Gasteiger partial charge in [-0.2, -0.15) is 0 Å². The zero-order valence-corrected chi connectivity index (χ0v) is 9.08. The number of rotatable bonds is 5. The van der Waals surface area contributed by atoms with Gasteiger partial charge in [0.1, 0.15) is 6.54 Å². The molecule has 0 amide bonds. The van der Waals surface area contributed by atoms with E-state index in [9.17, 15) is 4.79 Å². The lowest BCUT2D eigenvalue weighted by Crippen LogP contribution is -2.38. The molecule has 15 heavy (non-hydrogen) atoms. The molecule has 0 bridgehead atoms. The lowest BCUT2D eigenvalue weighted by atomic mass is 10.2. The second-order valence-electron chi connectivity index (χ2n) is 3.38. The molecule has 0 saturated carbocycles. The van der Waals surface area contributed by atoms with Crippen LogP contribution >= 0.6 is 0 Å². The van der Waals surface area contributed by atoms with E-state index >= 15 is 0 Å². The third kappa shape index (κ3) is 2.64. The molecule has 0 aromatic carbocycles. The molecular formula is C8H15N5O2.